The summed E-state index contributed by atoms with van der Waals surface area (Å²) >= 11 is 1.50. The van der Waals surface area contributed by atoms with Gasteiger partial charge in [-0.3, -0.25) is 0 Å². The molecule has 0 aliphatic carbocycles. The second-order valence-corrected chi connectivity index (χ2v) is 7.22. The minimum Gasteiger partial charge on any atom is -0.456 e. The fourth-order valence-corrected chi connectivity index (χ4v) is 3.69. The molecule has 0 aliphatic rings. The third-order valence-electron chi connectivity index (χ3n) is 4.37. The largest absolute Gasteiger partial charge is 0.456 e. The fraction of sp³-hybridized carbons (Fsp3) is 0.0435. The number of nitrogens with one attached hydrogen (secondary N) is 1. The molecule has 0 amide bonds. The van der Waals surface area contributed by atoms with E-state index in [1.165, 1.54) is 11.3 Å². The lowest BCUT2D eigenvalue weighted by Crippen LogP contribution is -2.21. The highest BCUT2D eigenvalue weighted by molar-refractivity contribution is 7.13. The molecule has 31 heavy (non-hydrogen) atoms. The summed E-state index contributed by atoms with van der Waals surface area (Å²) < 4.78 is 11.0. The summed E-state index contributed by atoms with van der Waals surface area (Å²) in [5.74, 6) is -0.172. The van der Waals surface area contributed by atoms with Crippen molar-refractivity contribution in [2.45, 2.75) is 6.10 Å². The van der Waals surface area contributed by atoms with E-state index in [0.717, 1.165) is 11.1 Å². The number of pyridine rings is 1. The maximum Gasteiger partial charge on any atom is 0.356 e. The van der Waals surface area contributed by atoms with Gasteiger partial charge in [-0.1, -0.05) is 43.0 Å². The van der Waals surface area contributed by atoms with Gasteiger partial charge in [0.2, 0.25) is 12.0 Å². The summed E-state index contributed by atoms with van der Waals surface area (Å²) in [7, 11) is 0. The van der Waals surface area contributed by atoms with Crippen LogP contribution in [0, 0.1) is 11.3 Å². The maximum absolute atomic E-state index is 12.6. The van der Waals surface area contributed by atoms with Crippen molar-refractivity contribution in [1.29, 1.82) is 5.26 Å². The van der Waals surface area contributed by atoms with E-state index in [0.29, 0.717) is 22.6 Å². The number of aromatic nitrogens is 3. The van der Waals surface area contributed by atoms with Crippen molar-refractivity contribution in [3.8, 4) is 33.9 Å². The van der Waals surface area contributed by atoms with Gasteiger partial charge in [0.1, 0.15) is 17.5 Å². The van der Waals surface area contributed by atoms with Crippen LogP contribution in [0.15, 0.2) is 79.1 Å². The van der Waals surface area contributed by atoms with Gasteiger partial charge in [-0.25, -0.2) is 14.8 Å². The predicted octanol–water partition coefficient (Wildman–Crippen LogP) is 4.88. The molecule has 1 unspecified atom stereocenters. The number of ether oxygens (including phenoxy) is 2. The Morgan fingerprint density at radius 2 is 2.10 bits per heavy atom. The minimum atomic E-state index is -1.14. The van der Waals surface area contributed by atoms with Gasteiger partial charge in [0.05, 0.1) is 16.8 Å². The van der Waals surface area contributed by atoms with Gasteiger partial charge < -0.3 is 14.5 Å². The SMILES string of the molecule is C=COC(=O)C(Oc1nc(-c2cccs2)cc(-c2ncc[nH]2)c1C#N)c1ccccc1. The number of esters is 1. The number of rotatable bonds is 7. The zero-order chi connectivity index (χ0) is 21.6. The Balaban J connectivity index is 1.86. The standard InChI is InChI=1S/C23H16N4O3S/c1-2-29-23(28)20(15-7-4-3-5-8-15)30-22-17(14-24)16(21-25-10-11-26-21)13-18(27-22)19-9-6-12-31-19/h2-13,20H,1H2,(H,25,26). The molecule has 8 heteroatoms. The average Bonchev–Trinajstić information content (AvgIpc) is 3.52. The summed E-state index contributed by atoms with van der Waals surface area (Å²) in [5, 5.41) is 11.8. The number of hydrogen-bond acceptors (Lipinski definition) is 7. The molecule has 0 bridgehead atoms. The predicted molar refractivity (Wildman–Crippen MR) is 116 cm³/mol. The Morgan fingerprint density at radius 1 is 1.26 bits per heavy atom. The molecule has 7 nitrogen and oxygen atoms in total. The molecular formula is C23H16N4O3S. The highest BCUT2D eigenvalue weighted by atomic mass is 32.1. The van der Waals surface area contributed by atoms with Crippen molar-refractivity contribution in [1.82, 2.24) is 15.0 Å². The maximum atomic E-state index is 12.6. The highest BCUT2D eigenvalue weighted by Crippen LogP contribution is 2.35. The van der Waals surface area contributed by atoms with Crippen LogP contribution in [0.5, 0.6) is 5.88 Å². The molecule has 3 heterocycles. The van der Waals surface area contributed by atoms with Gasteiger partial charge in [0, 0.05) is 23.5 Å². The Morgan fingerprint density at radius 3 is 2.74 bits per heavy atom. The minimum absolute atomic E-state index is 0.00895. The third-order valence-corrected chi connectivity index (χ3v) is 5.26. The molecule has 3 aromatic heterocycles. The van der Waals surface area contributed by atoms with Crippen LogP contribution >= 0.6 is 11.3 Å². The van der Waals surface area contributed by atoms with Crippen LogP contribution in [-0.4, -0.2) is 20.9 Å². The van der Waals surface area contributed by atoms with Gasteiger partial charge in [0.25, 0.3) is 0 Å². The Bertz CT molecular complexity index is 1230. The Labute approximate surface area is 182 Å². The van der Waals surface area contributed by atoms with Crippen molar-refractivity contribution in [3.63, 3.8) is 0 Å². The lowest BCUT2D eigenvalue weighted by molar-refractivity contribution is -0.146. The van der Waals surface area contributed by atoms with Crippen LogP contribution in [0.25, 0.3) is 22.0 Å². The summed E-state index contributed by atoms with van der Waals surface area (Å²) in [5.41, 5.74) is 1.83. The molecule has 0 aliphatic heterocycles. The molecule has 152 valence electrons. The lowest BCUT2D eigenvalue weighted by Gasteiger charge is -2.18. The van der Waals surface area contributed by atoms with Gasteiger partial charge in [-0.15, -0.1) is 11.3 Å². The van der Waals surface area contributed by atoms with E-state index in [1.54, 1.807) is 42.7 Å². The van der Waals surface area contributed by atoms with E-state index in [9.17, 15) is 10.1 Å². The van der Waals surface area contributed by atoms with Gasteiger partial charge in [-0.2, -0.15) is 5.26 Å². The summed E-state index contributed by atoms with van der Waals surface area (Å²) in [6.07, 6.45) is 3.16. The van der Waals surface area contributed by atoms with E-state index in [1.807, 2.05) is 23.6 Å². The van der Waals surface area contributed by atoms with Crippen LogP contribution in [0.2, 0.25) is 0 Å². The topological polar surface area (TPSA) is 101 Å². The van der Waals surface area contributed by atoms with Crippen LogP contribution in [-0.2, 0) is 9.53 Å². The smallest absolute Gasteiger partial charge is 0.356 e. The highest BCUT2D eigenvalue weighted by Gasteiger charge is 2.28. The number of aromatic amines is 1. The summed E-state index contributed by atoms with van der Waals surface area (Å²) in [4.78, 5) is 25.3. The Kier molecular flexibility index (Phi) is 5.87. The monoisotopic (exact) mass is 428 g/mol. The molecule has 4 aromatic rings. The molecular weight excluding hydrogens is 412 g/mol. The average molecular weight is 428 g/mol. The fourth-order valence-electron chi connectivity index (χ4n) is 3.00. The van der Waals surface area contributed by atoms with Gasteiger partial charge in [-0.05, 0) is 17.5 Å². The second-order valence-electron chi connectivity index (χ2n) is 6.27. The molecule has 0 spiro atoms. The number of nitrogens with zero attached hydrogens (tertiary/aromatic N) is 3. The molecule has 0 radical (unpaired) electrons. The zero-order valence-corrected chi connectivity index (χ0v) is 17.0. The number of imidazole rings is 1. The van der Waals surface area contributed by atoms with Gasteiger partial charge >= 0.3 is 5.97 Å². The van der Waals surface area contributed by atoms with Crippen LogP contribution < -0.4 is 4.74 Å². The summed E-state index contributed by atoms with van der Waals surface area (Å²) in [6.45, 7) is 3.44. The van der Waals surface area contributed by atoms with Crippen LogP contribution in [0.1, 0.15) is 17.2 Å². The van der Waals surface area contributed by atoms with Crippen molar-refractivity contribution in [2.24, 2.45) is 0 Å². The molecule has 1 aromatic carbocycles. The van der Waals surface area contributed by atoms with Crippen molar-refractivity contribution in [2.75, 3.05) is 0 Å². The van der Waals surface area contributed by atoms with Crippen LogP contribution in [0.4, 0.5) is 0 Å². The molecule has 0 fully saturated rings. The van der Waals surface area contributed by atoms with Crippen molar-refractivity contribution < 1.29 is 14.3 Å². The van der Waals surface area contributed by atoms with E-state index in [-0.39, 0.29) is 11.4 Å². The van der Waals surface area contributed by atoms with E-state index in [4.69, 9.17) is 9.47 Å². The first-order valence-electron chi connectivity index (χ1n) is 9.23. The number of H-pyrrole nitrogens is 1. The molecule has 0 saturated carbocycles. The first kappa shape index (κ1) is 20.1. The number of nitriles is 1. The van der Waals surface area contributed by atoms with E-state index >= 15 is 0 Å². The third kappa shape index (κ3) is 4.22. The zero-order valence-electron chi connectivity index (χ0n) is 16.2. The normalized spacial score (nSPS) is 11.3. The molecule has 1 atom stereocenters. The number of carbonyl (C=O) groups is 1. The van der Waals surface area contributed by atoms with E-state index in [2.05, 4.69) is 27.6 Å². The molecule has 1 N–H and O–H groups in total. The van der Waals surface area contributed by atoms with Crippen LogP contribution in [0.3, 0.4) is 0 Å². The molecule has 4 rings (SSSR count). The van der Waals surface area contributed by atoms with Crippen molar-refractivity contribution in [3.05, 3.63) is 90.3 Å². The number of thiophene rings is 1. The first-order chi connectivity index (χ1) is 15.2. The molecule has 0 saturated heterocycles. The lowest BCUT2D eigenvalue weighted by atomic mass is 10.1. The van der Waals surface area contributed by atoms with E-state index < -0.39 is 12.1 Å². The number of hydrogen-bond donors (Lipinski definition) is 1. The summed E-state index contributed by atoms with van der Waals surface area (Å²) in [6, 6.07) is 16.6. The number of benzene rings is 1. The number of carbonyl (C=O) groups excluding carboxylic acids is 1. The second kappa shape index (κ2) is 9.07. The Hall–Kier alpha value is -4.22. The van der Waals surface area contributed by atoms with Crippen molar-refractivity contribution >= 4 is 17.3 Å². The first-order valence-corrected chi connectivity index (χ1v) is 10.1. The van der Waals surface area contributed by atoms with Gasteiger partial charge in [0.15, 0.2) is 0 Å². The quantitative estimate of drug-likeness (QED) is 0.333.